The number of anilines is 1. The maximum absolute atomic E-state index is 12.7. The first kappa shape index (κ1) is 84.6. The molecule has 0 radical (unpaired) electrons. The topological polar surface area (TPSA) is 218 Å². The summed E-state index contributed by atoms with van der Waals surface area (Å²) in [6.07, 6.45) is 23.9. The number of piperidine rings is 1. The van der Waals surface area contributed by atoms with Gasteiger partial charge in [-0.1, -0.05) is 176 Å². The molecule has 4 aromatic heterocycles. The number of allylic oxidation sites excluding steroid dienone is 12. The van der Waals surface area contributed by atoms with Crippen LogP contribution in [0.2, 0.25) is 0 Å². The van der Waals surface area contributed by atoms with E-state index in [1.165, 1.54) is 36.0 Å². The fraction of sp³-hybridized carbons (Fsp3) is 0.475. The first-order valence-corrected chi connectivity index (χ1v) is 42.3. The minimum absolute atomic E-state index is 0.00652. The van der Waals surface area contributed by atoms with E-state index in [0.29, 0.717) is 0 Å². The number of Topliss-reactive ketones (excluding diaryl/α,β-unsaturated/α-hetero) is 5. The smallest absolute Gasteiger partial charge is 0.248 e. The summed E-state index contributed by atoms with van der Waals surface area (Å²) < 4.78 is 1.99. The highest BCUT2D eigenvalue weighted by Gasteiger charge is 2.59. The fourth-order valence-corrected chi connectivity index (χ4v) is 23.5. The van der Waals surface area contributed by atoms with Gasteiger partial charge < -0.3 is 43.7 Å². The van der Waals surface area contributed by atoms with E-state index in [1.54, 1.807) is 18.3 Å². The van der Waals surface area contributed by atoms with Crippen molar-refractivity contribution in [3.8, 4) is 0 Å². The van der Waals surface area contributed by atoms with Gasteiger partial charge in [0.1, 0.15) is 23.3 Å². The molecule has 0 amide bonds. The molecule has 0 saturated carbocycles. The molecule has 21 heteroatoms. The Balaban J connectivity index is 0.000000123. The monoisotopic (exact) mass is 1600 g/mol. The van der Waals surface area contributed by atoms with Crippen molar-refractivity contribution in [2.24, 2.45) is 78.5 Å². The molecule has 7 heterocycles. The van der Waals surface area contributed by atoms with Gasteiger partial charge in [-0.25, -0.2) is 48.7 Å². The van der Waals surface area contributed by atoms with Gasteiger partial charge in [-0.2, -0.15) is 5.10 Å². The predicted molar refractivity (Wildman–Crippen MR) is 466 cm³/mol. The second kappa shape index (κ2) is 30.7. The van der Waals surface area contributed by atoms with Crippen LogP contribution < -0.4 is 10.5 Å². The molecule has 1 aromatic carbocycles. The van der Waals surface area contributed by atoms with Gasteiger partial charge in [-0.3, -0.25) is 4.79 Å². The lowest BCUT2D eigenvalue weighted by molar-refractivity contribution is -0.129. The Labute approximate surface area is 705 Å². The quantitative estimate of drug-likeness (QED) is 0.163. The lowest BCUT2D eigenvalue weighted by Crippen LogP contribution is -2.51. The summed E-state index contributed by atoms with van der Waals surface area (Å²) in [7, 11) is 3.98. The van der Waals surface area contributed by atoms with Crippen LogP contribution in [0.25, 0.3) is 29.7 Å². The number of carbonyl (C=O) groups is 5. The number of benzene rings is 1. The Morgan fingerprint density at radius 2 is 0.967 bits per heavy atom. The van der Waals surface area contributed by atoms with Crippen LogP contribution in [-0.4, -0.2) is 102 Å². The number of hydrogen-bond acceptors (Lipinski definition) is 14. The van der Waals surface area contributed by atoms with E-state index in [0.717, 1.165) is 163 Å². The van der Waals surface area contributed by atoms with Crippen LogP contribution in [0.3, 0.4) is 0 Å². The minimum atomic E-state index is -0.589. The zero-order valence-corrected chi connectivity index (χ0v) is 72.5. The second-order valence-corrected chi connectivity index (χ2v) is 37.8. The number of nitrogens with zero attached hydrogens (tertiary/aromatic N) is 14. The Kier molecular flexibility index (Phi) is 21.7. The number of aromatic amines is 1. The summed E-state index contributed by atoms with van der Waals surface area (Å²) >= 11 is 0. The number of aryl methyl sites for hydroxylation is 3. The van der Waals surface area contributed by atoms with Crippen molar-refractivity contribution in [1.82, 2.24) is 34.4 Å². The summed E-state index contributed by atoms with van der Waals surface area (Å²) in [6.45, 7) is 77.9. The zero-order valence-electron chi connectivity index (χ0n) is 72.5. The standard InChI is InChI=1S/C23H23N3O.C21H26N4O.C19H19N3O.C19H23N3O.C17H18N2O2/c1-14-18-12-11-17-15(2)26(5)22(16-9-7-6-8-10-16)25-21(17)23(18,3)13-19(24-4)20(14)27;1-13-16-9-8-15-19(21(16,3)12-17(22-4)18(13)26)23-14(2)24-20(15)25-10-6-5-7-11-25;1-18(2)15-8-6-12-5-7-13-9-10-21-22(13)16(12)19(15,3)11-14(20-4)17(18)23;1-11-13-8-9-15-18(3,4)17(23)14(20-6)10-19(15,5)16(13)21-12(2)22(11)7;1-16(2)12-7-5-10-6-8-13(20)19-14(10)17(12,3)9-11(18-4)15(16)21/h6-10,13-14,18H,2,11-12H2,1,3,5H3;12-13,16H,5-11H2,1-3H3;5,7,9-11,15H,6,8H2,1-3H3;10,15H,1,8-9H2,2-5,7H3;6,8-9,12H,5,7H2,1-3H3,(H,19,20)/t14-,18-,23-;13-,16-,21-;2*15-,19-;12-,17-/m00000/s1. The largest absolute Gasteiger partial charge is 0.356 e. The van der Waals surface area contributed by atoms with Crippen LogP contribution in [0.15, 0.2) is 188 Å². The van der Waals surface area contributed by atoms with E-state index < -0.39 is 32.5 Å². The van der Waals surface area contributed by atoms with Crippen molar-refractivity contribution in [1.29, 1.82) is 0 Å². The Hall–Kier alpha value is -11.9. The third-order valence-electron chi connectivity index (χ3n) is 30.0. The average Bonchev–Trinajstić information content (AvgIpc) is 0.948. The molecule has 12 atom stereocenters. The number of ketones is 5. The Bertz CT molecular complexity index is 5900. The van der Waals surface area contributed by atoms with Crippen LogP contribution in [0.1, 0.15) is 206 Å². The number of aromatic nitrogens is 5. The van der Waals surface area contributed by atoms with E-state index in [2.05, 4.69) is 97.1 Å². The fourth-order valence-electron chi connectivity index (χ4n) is 23.5. The van der Waals surface area contributed by atoms with Crippen LogP contribution in [-0.2, 0) is 59.5 Å². The molecule has 1 saturated heterocycles. The number of carbonyl (C=O) groups excluding carboxylic acids is 5. The van der Waals surface area contributed by atoms with Crippen molar-refractivity contribution in [3.05, 3.63) is 285 Å². The number of fused-ring (bicyclic) bond motifs is 15. The lowest BCUT2D eigenvalue weighted by atomic mass is 9.53. The Morgan fingerprint density at radius 3 is 1.55 bits per heavy atom. The van der Waals surface area contributed by atoms with Crippen LogP contribution >= 0.6 is 0 Å². The molecule has 616 valence electrons. The average molecular weight is 1610 g/mol. The van der Waals surface area contributed by atoms with Crippen LogP contribution in [0.5, 0.6) is 0 Å². The van der Waals surface area contributed by atoms with Gasteiger partial charge in [0.15, 0.2) is 28.9 Å². The summed E-state index contributed by atoms with van der Waals surface area (Å²) in [5.41, 5.74) is 12.4. The number of H-pyrrole nitrogens is 1. The van der Waals surface area contributed by atoms with E-state index in [9.17, 15) is 28.8 Å². The molecule has 10 aliphatic carbocycles. The lowest BCUT2D eigenvalue weighted by Gasteiger charge is -2.52. The Morgan fingerprint density at radius 1 is 0.492 bits per heavy atom. The molecule has 3 aliphatic heterocycles. The van der Waals surface area contributed by atoms with Gasteiger partial charge in [0, 0.05) is 123 Å². The van der Waals surface area contributed by atoms with Gasteiger partial charge in [0.25, 0.3) is 0 Å². The first-order chi connectivity index (χ1) is 56.7. The molecule has 0 spiro atoms. The van der Waals surface area contributed by atoms with Gasteiger partial charge in [0.05, 0.1) is 61.2 Å². The number of likely N-dealkylation sites (N-methyl/N-ethyl adjacent to an activating group) is 2. The third kappa shape index (κ3) is 13.4. The summed E-state index contributed by atoms with van der Waals surface area (Å²) in [5, 5.41) is 4.51. The van der Waals surface area contributed by atoms with E-state index in [1.807, 2.05) is 166 Å². The SMILES string of the molecule is [C-]#[N+]C1=C[C@]2(C)C3=C(CC[C@H]2C(C)(C)C1=O)C(=C)N(C)C(C)=N3.[C-]#[N+]C1=C[C@]2(C)C3=C(CC[C@H]2[C@H](C)C1=O)C(=C)N(C)C(c1ccccc1)=N3.[C-]#[N+]C1=C[C@]2(C)c3[nH]c(=O)ccc3CC[C@H]2C(C)(C)C1=O.[C-]#[N+]C1=C[C@]2(C)c3c(ccc4ccnn34)CC[C@H]2C(C)(C)C1=O.[C-]#[N+]C1=C[C@]2(C)c3nc(C)nc(N4CCCCC4)c3CC[C@H]2[C@H](C)C1=O. The second-order valence-electron chi connectivity index (χ2n) is 37.8. The molecular formula is C99H109N15O6. The molecule has 120 heavy (non-hydrogen) atoms. The van der Waals surface area contributed by atoms with Gasteiger partial charge in [-0.05, 0) is 161 Å². The van der Waals surface area contributed by atoms with Crippen molar-refractivity contribution in [3.63, 3.8) is 0 Å². The molecular weight excluding hydrogens is 1500 g/mol. The van der Waals surface area contributed by atoms with Crippen molar-refractivity contribution in [2.75, 3.05) is 32.1 Å². The van der Waals surface area contributed by atoms with Crippen molar-refractivity contribution in [2.45, 2.75) is 204 Å². The normalized spacial score (nSPS) is 30.5. The summed E-state index contributed by atoms with van der Waals surface area (Å²) in [6, 6.07) is 19.7. The van der Waals surface area contributed by atoms with Crippen LogP contribution in [0.4, 0.5) is 5.82 Å². The van der Waals surface area contributed by atoms with Gasteiger partial charge >= 0.3 is 0 Å². The third-order valence-corrected chi connectivity index (χ3v) is 30.0. The number of hydrogen-bond donors (Lipinski definition) is 1. The summed E-state index contributed by atoms with van der Waals surface area (Å²) in [4.78, 5) is 121. The first-order valence-electron chi connectivity index (χ1n) is 42.3. The highest BCUT2D eigenvalue weighted by Crippen LogP contribution is 2.62. The molecule has 13 aliphatic rings. The van der Waals surface area contributed by atoms with E-state index in [4.69, 9.17) is 52.8 Å². The molecule has 5 aromatic rings. The molecule has 1 fully saturated rings. The van der Waals surface area contributed by atoms with E-state index in [-0.39, 0.29) is 115 Å². The maximum Gasteiger partial charge on any atom is 0.248 e. The minimum Gasteiger partial charge on any atom is -0.356 e. The number of nitrogens with one attached hydrogen (secondary N) is 1. The van der Waals surface area contributed by atoms with Gasteiger partial charge in [0.2, 0.25) is 34.0 Å². The van der Waals surface area contributed by atoms with Crippen LogP contribution in [0, 0.1) is 108 Å². The zero-order chi connectivity index (χ0) is 86.8. The maximum atomic E-state index is 12.7. The summed E-state index contributed by atoms with van der Waals surface area (Å²) in [5.74, 6) is 3.96. The van der Waals surface area contributed by atoms with Crippen molar-refractivity contribution < 1.29 is 24.0 Å². The number of aliphatic imine (C=N–C) groups is 2. The predicted octanol–water partition coefficient (Wildman–Crippen LogP) is 18.3. The molecule has 1 N–H and O–H groups in total. The molecule has 18 rings (SSSR count). The molecule has 0 unspecified atom stereocenters. The molecule has 0 bridgehead atoms. The number of pyridine rings is 2. The van der Waals surface area contributed by atoms with Gasteiger partial charge in [-0.15, -0.1) is 0 Å². The molecule has 21 nitrogen and oxygen atoms in total. The number of rotatable bonds is 2. The highest BCUT2D eigenvalue weighted by molar-refractivity contribution is 6.06. The number of amidine groups is 2. The van der Waals surface area contributed by atoms with E-state index >= 15 is 0 Å². The highest BCUT2D eigenvalue weighted by atomic mass is 16.2. The van der Waals surface area contributed by atoms with Crippen molar-refractivity contribution >= 4 is 51.9 Å².